The van der Waals surface area contributed by atoms with E-state index in [1.54, 1.807) is 0 Å². The minimum absolute atomic E-state index is 0.918. The zero-order chi connectivity index (χ0) is 37.9. The van der Waals surface area contributed by atoms with Crippen LogP contribution >= 0.6 is 0 Å². The van der Waals surface area contributed by atoms with E-state index in [4.69, 9.17) is 8.83 Å². The molecule has 13 rings (SSSR count). The Hall–Kier alpha value is -7.68. The molecule has 0 saturated heterocycles. The maximum absolute atomic E-state index is 6.39. The maximum atomic E-state index is 6.39. The van der Waals surface area contributed by atoms with Crippen LogP contribution in [0.5, 0.6) is 0 Å². The van der Waals surface area contributed by atoms with Crippen molar-refractivity contribution in [2.24, 2.45) is 0 Å². The SMILES string of the molecule is c1ccc2c(c1)oc1c(-c3ccc(-c4ccc5ccc6c(-c7ccc8cc(-c9cccc%10c9oc9ccccc9%10)ccc8c7)ccc7ccc4c5c76)cc3)cccc12. The minimum atomic E-state index is 0.918. The molecule has 0 unspecified atom stereocenters. The van der Waals surface area contributed by atoms with Crippen molar-refractivity contribution in [3.8, 4) is 44.5 Å². The second-order valence-electron chi connectivity index (χ2n) is 15.6. The van der Waals surface area contributed by atoms with Gasteiger partial charge in [0.15, 0.2) is 0 Å². The van der Waals surface area contributed by atoms with E-state index in [-0.39, 0.29) is 0 Å². The molecule has 0 fully saturated rings. The molecule has 0 bridgehead atoms. The highest BCUT2D eigenvalue weighted by atomic mass is 16.3. The number of furan rings is 2. The monoisotopic (exact) mass is 736 g/mol. The molecule has 2 aromatic heterocycles. The van der Waals surface area contributed by atoms with E-state index in [2.05, 4.69) is 170 Å². The Morgan fingerprint density at radius 1 is 0.241 bits per heavy atom. The molecule has 2 heteroatoms. The van der Waals surface area contributed by atoms with Crippen molar-refractivity contribution in [2.75, 3.05) is 0 Å². The van der Waals surface area contributed by atoms with Gasteiger partial charge in [-0.3, -0.25) is 0 Å². The van der Waals surface area contributed by atoms with E-state index < -0.39 is 0 Å². The molecule has 0 spiro atoms. The number of hydrogen-bond donors (Lipinski definition) is 0. The normalized spacial score (nSPS) is 12.1. The summed E-state index contributed by atoms with van der Waals surface area (Å²) in [4.78, 5) is 0. The van der Waals surface area contributed by atoms with Gasteiger partial charge in [0.25, 0.3) is 0 Å². The predicted octanol–water partition coefficient (Wildman–Crippen LogP) is 16.2. The van der Waals surface area contributed by atoms with Gasteiger partial charge < -0.3 is 8.83 Å². The van der Waals surface area contributed by atoms with Gasteiger partial charge in [0.1, 0.15) is 22.3 Å². The molecule has 268 valence electrons. The number of benzene rings is 11. The lowest BCUT2D eigenvalue weighted by molar-refractivity contribution is 0.669. The van der Waals surface area contributed by atoms with Gasteiger partial charge in [0.2, 0.25) is 0 Å². The van der Waals surface area contributed by atoms with Crippen LogP contribution in [0.15, 0.2) is 203 Å². The third-order valence-corrected chi connectivity index (χ3v) is 12.4. The van der Waals surface area contributed by atoms with E-state index in [0.29, 0.717) is 0 Å². The minimum Gasteiger partial charge on any atom is -0.455 e. The van der Waals surface area contributed by atoms with Gasteiger partial charge in [-0.1, -0.05) is 170 Å². The molecule has 13 aromatic rings. The zero-order valence-corrected chi connectivity index (χ0v) is 31.3. The van der Waals surface area contributed by atoms with Gasteiger partial charge >= 0.3 is 0 Å². The average molecular weight is 737 g/mol. The first-order valence-electron chi connectivity index (χ1n) is 19.9. The molecule has 0 aliphatic rings. The van der Waals surface area contributed by atoms with Crippen LogP contribution in [-0.4, -0.2) is 0 Å². The number of rotatable bonds is 4. The van der Waals surface area contributed by atoms with Crippen LogP contribution in [0, 0.1) is 0 Å². The van der Waals surface area contributed by atoms with Crippen LogP contribution in [-0.2, 0) is 0 Å². The molecular weight excluding hydrogens is 705 g/mol. The Bertz CT molecular complexity index is 3790. The summed E-state index contributed by atoms with van der Waals surface area (Å²) in [6, 6.07) is 70.4. The van der Waals surface area contributed by atoms with Crippen molar-refractivity contribution >= 4 is 87.0 Å². The first-order chi connectivity index (χ1) is 28.7. The summed E-state index contributed by atoms with van der Waals surface area (Å²) in [6.07, 6.45) is 0. The van der Waals surface area contributed by atoms with Crippen molar-refractivity contribution < 1.29 is 8.83 Å². The summed E-state index contributed by atoms with van der Waals surface area (Å²) in [5.41, 5.74) is 13.1. The summed E-state index contributed by atoms with van der Waals surface area (Å²) in [7, 11) is 0. The lowest BCUT2D eigenvalue weighted by Gasteiger charge is -2.17. The molecule has 58 heavy (non-hydrogen) atoms. The molecule has 0 atom stereocenters. The van der Waals surface area contributed by atoms with Crippen molar-refractivity contribution in [3.05, 3.63) is 194 Å². The molecule has 11 aromatic carbocycles. The van der Waals surface area contributed by atoms with Crippen LogP contribution in [0.3, 0.4) is 0 Å². The molecule has 0 aliphatic heterocycles. The highest BCUT2D eigenvalue weighted by molar-refractivity contribution is 6.27. The van der Waals surface area contributed by atoms with Gasteiger partial charge in [-0.15, -0.1) is 0 Å². The Morgan fingerprint density at radius 3 is 1.19 bits per heavy atom. The Kier molecular flexibility index (Phi) is 6.47. The standard InChI is InChI=1S/C56H32O2/c1-3-13-51-45(7-1)49-11-5-9-43(55(49)57-51)34-17-15-33(16-18-34)41-27-23-35-26-30-48-42(28-24-36-25-29-47(41)53(35)54(36)48)39-21-19-38-32-40(22-20-37(38)31-39)44-10-6-12-50-46-8-2-4-14-52(46)58-56(44)50/h1-32H. The largest absolute Gasteiger partial charge is 0.455 e. The highest BCUT2D eigenvalue weighted by Gasteiger charge is 2.17. The lowest BCUT2D eigenvalue weighted by Crippen LogP contribution is -1.90. The van der Waals surface area contributed by atoms with Crippen molar-refractivity contribution in [1.82, 2.24) is 0 Å². The van der Waals surface area contributed by atoms with Gasteiger partial charge in [-0.25, -0.2) is 0 Å². The number of fused-ring (bicyclic) bond motifs is 7. The molecule has 2 nitrogen and oxygen atoms in total. The molecule has 0 saturated carbocycles. The Morgan fingerprint density at radius 2 is 0.638 bits per heavy atom. The van der Waals surface area contributed by atoms with Gasteiger partial charge in [-0.05, 0) is 101 Å². The number of hydrogen-bond acceptors (Lipinski definition) is 2. The average Bonchev–Trinajstić information content (AvgIpc) is 3.87. The molecule has 0 N–H and O–H groups in total. The highest BCUT2D eigenvalue weighted by Crippen LogP contribution is 2.44. The van der Waals surface area contributed by atoms with E-state index in [1.165, 1.54) is 65.3 Å². The van der Waals surface area contributed by atoms with Crippen molar-refractivity contribution in [1.29, 1.82) is 0 Å². The fraction of sp³-hybridized carbons (Fsp3) is 0. The molecule has 0 aliphatic carbocycles. The topological polar surface area (TPSA) is 26.3 Å². The van der Waals surface area contributed by atoms with Crippen molar-refractivity contribution in [3.63, 3.8) is 0 Å². The molecule has 0 radical (unpaired) electrons. The van der Waals surface area contributed by atoms with Crippen LogP contribution in [0.2, 0.25) is 0 Å². The van der Waals surface area contributed by atoms with E-state index in [9.17, 15) is 0 Å². The molecule has 0 amide bonds. The fourth-order valence-electron chi connectivity index (χ4n) is 9.66. The summed E-state index contributed by atoms with van der Waals surface area (Å²) in [5.74, 6) is 0. The Labute approximate surface area is 333 Å². The van der Waals surface area contributed by atoms with E-state index in [1.807, 2.05) is 24.3 Å². The first kappa shape index (κ1) is 31.5. The smallest absolute Gasteiger partial charge is 0.143 e. The maximum Gasteiger partial charge on any atom is 0.143 e. The third-order valence-electron chi connectivity index (χ3n) is 12.4. The predicted molar refractivity (Wildman–Crippen MR) is 244 cm³/mol. The van der Waals surface area contributed by atoms with Gasteiger partial charge in [0.05, 0.1) is 0 Å². The lowest BCUT2D eigenvalue weighted by atomic mass is 9.86. The van der Waals surface area contributed by atoms with E-state index in [0.717, 1.165) is 66.1 Å². The van der Waals surface area contributed by atoms with Crippen molar-refractivity contribution in [2.45, 2.75) is 0 Å². The van der Waals surface area contributed by atoms with Crippen LogP contribution in [0.25, 0.3) is 131 Å². The van der Waals surface area contributed by atoms with Gasteiger partial charge in [-0.2, -0.15) is 0 Å². The van der Waals surface area contributed by atoms with Crippen LogP contribution in [0.1, 0.15) is 0 Å². The third kappa shape index (κ3) is 4.54. The first-order valence-corrected chi connectivity index (χ1v) is 19.9. The summed E-state index contributed by atoms with van der Waals surface area (Å²) < 4.78 is 12.8. The molecular formula is C56H32O2. The van der Waals surface area contributed by atoms with Crippen LogP contribution < -0.4 is 0 Å². The second-order valence-corrected chi connectivity index (χ2v) is 15.6. The number of para-hydroxylation sites is 4. The fourth-order valence-corrected chi connectivity index (χ4v) is 9.66. The van der Waals surface area contributed by atoms with Crippen LogP contribution in [0.4, 0.5) is 0 Å². The Balaban J connectivity index is 0.896. The van der Waals surface area contributed by atoms with Gasteiger partial charge in [0, 0.05) is 32.7 Å². The second kappa shape index (κ2) is 11.9. The summed E-state index contributed by atoms with van der Waals surface area (Å²) >= 11 is 0. The quantitative estimate of drug-likeness (QED) is 0.168. The van der Waals surface area contributed by atoms with E-state index >= 15 is 0 Å². The molecule has 2 heterocycles. The summed E-state index contributed by atoms with van der Waals surface area (Å²) in [5, 5.41) is 14.7. The summed E-state index contributed by atoms with van der Waals surface area (Å²) in [6.45, 7) is 0. The zero-order valence-electron chi connectivity index (χ0n) is 31.3.